The van der Waals surface area contributed by atoms with Crippen LogP contribution in [0.15, 0.2) is 0 Å². The number of nitrogens with one attached hydrogen (secondary N) is 1. The Morgan fingerprint density at radius 3 is 2.70 bits per heavy atom. The number of amides is 3. The summed E-state index contributed by atoms with van der Waals surface area (Å²) in [6.45, 7) is 3.44. The van der Waals surface area contributed by atoms with Gasteiger partial charge < -0.3 is 25.0 Å². The maximum Gasteiger partial charge on any atom is 0.433 e. The van der Waals surface area contributed by atoms with Crippen LogP contribution in [0.1, 0.15) is 43.0 Å². The van der Waals surface area contributed by atoms with E-state index in [0.717, 1.165) is 0 Å². The van der Waals surface area contributed by atoms with Crippen molar-refractivity contribution in [2.24, 2.45) is 0 Å². The second-order valence-corrected chi connectivity index (χ2v) is 8.10. The summed E-state index contributed by atoms with van der Waals surface area (Å²) >= 11 is 0. The molecule has 2 N–H and O–H groups in total. The summed E-state index contributed by atoms with van der Waals surface area (Å²) in [6.07, 6.45) is -6.30. The average Bonchev–Trinajstić information content (AvgIpc) is 2.73. The van der Waals surface area contributed by atoms with Crippen LogP contribution in [0.2, 0.25) is 0 Å². The molecule has 0 spiro atoms. The van der Waals surface area contributed by atoms with Crippen LogP contribution in [0.25, 0.3) is 0 Å². The molecule has 1 fully saturated rings. The molecule has 0 aromatic carbocycles. The molecule has 1 saturated heterocycles. The molecular formula is C20H26F3N5O5. The van der Waals surface area contributed by atoms with Gasteiger partial charge in [0.25, 0.3) is 0 Å². The smallest absolute Gasteiger partial charge is 0.433 e. The molecule has 182 valence electrons. The highest BCUT2D eigenvalue weighted by atomic mass is 19.4. The second-order valence-electron chi connectivity index (χ2n) is 8.10. The van der Waals surface area contributed by atoms with E-state index in [0.29, 0.717) is 0 Å². The van der Waals surface area contributed by atoms with Crippen molar-refractivity contribution in [3.63, 3.8) is 0 Å². The number of morpholine rings is 1. The van der Waals surface area contributed by atoms with E-state index in [1.54, 1.807) is 13.8 Å². The lowest BCUT2D eigenvalue weighted by Gasteiger charge is -2.34. The molecule has 0 unspecified atom stereocenters. The Bertz CT molecular complexity index is 926. The molecule has 10 nitrogen and oxygen atoms in total. The van der Waals surface area contributed by atoms with Crippen LogP contribution in [0.3, 0.4) is 0 Å². The van der Waals surface area contributed by atoms with E-state index in [9.17, 15) is 27.6 Å². The number of hydrogen-bond donors (Lipinski definition) is 2. The van der Waals surface area contributed by atoms with Gasteiger partial charge in [0.05, 0.1) is 24.4 Å². The maximum absolute atomic E-state index is 13.4. The molecule has 0 bridgehead atoms. The molecule has 2 atom stereocenters. The predicted octanol–water partition coefficient (Wildman–Crippen LogP) is 1.22. The van der Waals surface area contributed by atoms with Gasteiger partial charge in [0, 0.05) is 38.0 Å². The lowest BCUT2D eigenvalue weighted by molar-refractivity contribution is -0.149. The molecule has 0 saturated carbocycles. The molecule has 13 heteroatoms. The van der Waals surface area contributed by atoms with Crippen molar-refractivity contribution >= 4 is 17.9 Å². The molecule has 1 aromatic rings. The number of carbonyl (C=O) groups excluding carboxylic acids is 2. The Balaban J connectivity index is 1.74. The first-order valence-corrected chi connectivity index (χ1v) is 10.6. The average molecular weight is 473 g/mol. The zero-order valence-electron chi connectivity index (χ0n) is 18.3. The number of halogens is 3. The summed E-state index contributed by atoms with van der Waals surface area (Å²) in [5.41, 5.74) is -0.840. The molecule has 3 amide bonds. The van der Waals surface area contributed by atoms with Crippen molar-refractivity contribution in [2.45, 2.75) is 58.0 Å². The van der Waals surface area contributed by atoms with Gasteiger partial charge in [-0.05, 0) is 13.3 Å². The Hall–Kier alpha value is -2.96. The maximum atomic E-state index is 13.4. The van der Waals surface area contributed by atoms with Crippen molar-refractivity contribution in [3.8, 4) is 0 Å². The Morgan fingerprint density at radius 2 is 2.06 bits per heavy atom. The predicted molar refractivity (Wildman–Crippen MR) is 107 cm³/mol. The quantitative estimate of drug-likeness (QED) is 0.636. The first-order valence-electron chi connectivity index (χ1n) is 10.6. The summed E-state index contributed by atoms with van der Waals surface area (Å²) in [4.78, 5) is 46.9. The van der Waals surface area contributed by atoms with E-state index in [1.165, 1.54) is 9.80 Å². The summed E-state index contributed by atoms with van der Waals surface area (Å²) in [5.74, 6) is -0.716. The highest BCUT2D eigenvalue weighted by Gasteiger charge is 2.39. The summed E-state index contributed by atoms with van der Waals surface area (Å²) in [7, 11) is 0. The minimum atomic E-state index is -4.62. The number of carbonyl (C=O) groups is 3. The van der Waals surface area contributed by atoms with E-state index >= 15 is 0 Å². The monoisotopic (exact) mass is 473 g/mol. The number of alkyl halides is 3. The lowest BCUT2D eigenvalue weighted by atomic mass is 10.0. The van der Waals surface area contributed by atoms with E-state index in [-0.39, 0.29) is 81.1 Å². The number of ether oxygens (including phenoxy) is 1. The number of rotatable bonds is 6. The lowest BCUT2D eigenvalue weighted by Crippen LogP contribution is -2.53. The summed E-state index contributed by atoms with van der Waals surface area (Å²) in [6, 6.07) is -0.881. The van der Waals surface area contributed by atoms with Crippen LogP contribution in [-0.2, 0) is 39.9 Å². The molecule has 2 aliphatic heterocycles. The minimum absolute atomic E-state index is 0.0168. The van der Waals surface area contributed by atoms with E-state index < -0.39 is 29.9 Å². The van der Waals surface area contributed by atoms with Gasteiger partial charge >= 0.3 is 12.3 Å². The molecule has 0 aliphatic carbocycles. The van der Waals surface area contributed by atoms with Gasteiger partial charge in [0.1, 0.15) is 12.4 Å². The zero-order valence-corrected chi connectivity index (χ0v) is 18.3. The normalized spacial score (nSPS) is 19.8. The first-order chi connectivity index (χ1) is 15.5. The molecule has 0 radical (unpaired) electrons. The number of nitrogens with zero attached hydrogens (tertiary/aromatic N) is 4. The molecular weight excluding hydrogens is 447 g/mol. The number of carboxylic acid groups (broad SMARTS) is 1. The SMILES string of the molecule is CCc1nc2c(c(C(F)(F)F)n1)CCN(C(=O)C[C@@H](CN1C[C@H](C)OCC1=O)NC(=O)O)C2. The Labute approximate surface area is 188 Å². The summed E-state index contributed by atoms with van der Waals surface area (Å²) < 4.78 is 45.6. The van der Waals surface area contributed by atoms with Gasteiger partial charge in [-0.15, -0.1) is 0 Å². The number of hydrogen-bond acceptors (Lipinski definition) is 6. The molecule has 3 rings (SSSR count). The van der Waals surface area contributed by atoms with E-state index in [4.69, 9.17) is 9.84 Å². The van der Waals surface area contributed by atoms with Crippen molar-refractivity contribution in [3.05, 3.63) is 22.8 Å². The standard InChI is InChI=1S/C20H26F3N5O5/c1-3-15-25-14-9-27(5-4-13(14)18(26-15)20(21,22)23)16(29)6-12(24-19(31)32)8-28-7-11(2)33-10-17(28)30/h11-12,24H,3-10H2,1-2H3,(H,31,32)/t11-,12-/m0/s1. The van der Waals surface area contributed by atoms with Gasteiger partial charge in [-0.2, -0.15) is 13.2 Å². The van der Waals surface area contributed by atoms with Crippen molar-refractivity contribution in [2.75, 3.05) is 26.2 Å². The van der Waals surface area contributed by atoms with Crippen molar-refractivity contribution in [1.29, 1.82) is 0 Å². The molecule has 2 aliphatic rings. The first kappa shape index (κ1) is 24.7. The van der Waals surface area contributed by atoms with Crippen LogP contribution >= 0.6 is 0 Å². The fraction of sp³-hybridized carbons (Fsp3) is 0.650. The highest BCUT2D eigenvalue weighted by molar-refractivity contribution is 5.80. The van der Waals surface area contributed by atoms with Crippen LogP contribution in [0, 0.1) is 0 Å². The molecule has 3 heterocycles. The van der Waals surface area contributed by atoms with Crippen molar-refractivity contribution < 1.29 is 37.4 Å². The van der Waals surface area contributed by atoms with Gasteiger partial charge in [0.15, 0.2) is 5.69 Å². The third-order valence-corrected chi connectivity index (χ3v) is 5.56. The van der Waals surface area contributed by atoms with Crippen molar-refractivity contribution in [1.82, 2.24) is 25.1 Å². The molecule has 1 aromatic heterocycles. The third-order valence-electron chi connectivity index (χ3n) is 5.56. The van der Waals surface area contributed by atoms with Gasteiger partial charge in [0.2, 0.25) is 11.8 Å². The fourth-order valence-electron chi connectivity index (χ4n) is 3.97. The van der Waals surface area contributed by atoms with Gasteiger partial charge in [-0.25, -0.2) is 14.8 Å². The Kier molecular flexibility index (Phi) is 7.40. The second kappa shape index (κ2) is 9.89. The third kappa shape index (κ3) is 6.09. The number of aryl methyl sites for hydroxylation is 1. The fourth-order valence-corrected chi connectivity index (χ4v) is 3.97. The van der Waals surface area contributed by atoms with Crippen LogP contribution in [0.4, 0.5) is 18.0 Å². The molecule has 33 heavy (non-hydrogen) atoms. The van der Waals surface area contributed by atoms with Gasteiger partial charge in [-0.3, -0.25) is 9.59 Å². The topological polar surface area (TPSA) is 125 Å². The Morgan fingerprint density at radius 1 is 1.33 bits per heavy atom. The van der Waals surface area contributed by atoms with Gasteiger partial charge in [-0.1, -0.05) is 6.92 Å². The largest absolute Gasteiger partial charge is 0.465 e. The van der Waals surface area contributed by atoms with Crippen LogP contribution in [-0.4, -0.2) is 81.2 Å². The van der Waals surface area contributed by atoms with Crippen LogP contribution in [0.5, 0.6) is 0 Å². The minimum Gasteiger partial charge on any atom is -0.465 e. The number of aromatic nitrogens is 2. The number of fused-ring (bicyclic) bond motifs is 1. The van der Waals surface area contributed by atoms with E-state index in [2.05, 4.69) is 15.3 Å². The van der Waals surface area contributed by atoms with Crippen LogP contribution < -0.4 is 5.32 Å². The highest BCUT2D eigenvalue weighted by Crippen LogP contribution is 2.34. The van der Waals surface area contributed by atoms with E-state index in [1.807, 2.05) is 0 Å². The zero-order chi connectivity index (χ0) is 24.3. The summed E-state index contributed by atoms with van der Waals surface area (Å²) in [5, 5.41) is 11.4.